The maximum atomic E-state index is 12.5. The highest BCUT2D eigenvalue weighted by atomic mass is 16.2. The fraction of sp³-hybridized carbons (Fsp3) is 0.333. The minimum atomic E-state index is -1.11. The van der Waals surface area contributed by atoms with Crippen LogP contribution in [0.4, 0.5) is 5.82 Å². The molecule has 0 unspecified atom stereocenters. The highest BCUT2D eigenvalue weighted by Gasteiger charge is 2.43. The summed E-state index contributed by atoms with van der Waals surface area (Å²) in [5.41, 5.74) is 1.52. The van der Waals surface area contributed by atoms with Crippen molar-refractivity contribution in [1.82, 2.24) is 15.2 Å². The molecule has 2 heterocycles. The van der Waals surface area contributed by atoms with Gasteiger partial charge in [-0.15, -0.1) is 0 Å². The molecule has 8 heteroatoms. The zero-order valence-electron chi connectivity index (χ0n) is 11.1. The summed E-state index contributed by atoms with van der Waals surface area (Å²) in [5.74, 6) is 4.11. The monoisotopic (exact) mass is 277 g/mol. The number of anilines is 1. The number of nitrogen functional groups attached to an aromatic ring is 1. The largest absolute Gasteiger partial charge is 0.315 e. The van der Waals surface area contributed by atoms with Crippen molar-refractivity contribution in [2.45, 2.75) is 19.4 Å². The van der Waals surface area contributed by atoms with E-state index in [0.29, 0.717) is 11.4 Å². The lowest BCUT2D eigenvalue weighted by molar-refractivity contribution is -0.143. The van der Waals surface area contributed by atoms with Gasteiger partial charge in [0.1, 0.15) is 17.9 Å². The number of nitrogens with zero attached hydrogens (tertiary/aromatic N) is 2. The van der Waals surface area contributed by atoms with Crippen LogP contribution in [0.5, 0.6) is 0 Å². The molecular formula is C12H15N5O3. The lowest BCUT2D eigenvalue weighted by atomic mass is 9.97. The molecule has 0 saturated carbocycles. The number of hydrogen-bond acceptors (Lipinski definition) is 6. The summed E-state index contributed by atoms with van der Waals surface area (Å²) >= 11 is 0. The van der Waals surface area contributed by atoms with E-state index in [1.165, 1.54) is 23.2 Å². The van der Waals surface area contributed by atoms with Crippen molar-refractivity contribution in [2.24, 2.45) is 5.84 Å². The first-order valence-corrected chi connectivity index (χ1v) is 5.95. The number of pyridine rings is 1. The van der Waals surface area contributed by atoms with E-state index in [1.807, 2.05) is 0 Å². The van der Waals surface area contributed by atoms with Gasteiger partial charge in [0.15, 0.2) is 0 Å². The molecule has 1 aromatic rings. The quantitative estimate of drug-likeness (QED) is 0.372. The van der Waals surface area contributed by atoms with Gasteiger partial charge in [0, 0.05) is 11.8 Å². The number of nitrogens with two attached hydrogens (primary N) is 1. The van der Waals surface area contributed by atoms with Gasteiger partial charge in [-0.05, 0) is 26.0 Å². The predicted molar refractivity (Wildman–Crippen MR) is 70.3 cm³/mol. The van der Waals surface area contributed by atoms with Crippen molar-refractivity contribution in [3.05, 3.63) is 23.9 Å². The first kappa shape index (κ1) is 13.9. The van der Waals surface area contributed by atoms with Gasteiger partial charge in [-0.25, -0.2) is 10.8 Å². The summed E-state index contributed by atoms with van der Waals surface area (Å²) in [7, 11) is 0. The lowest BCUT2D eigenvalue weighted by Crippen LogP contribution is -2.65. The summed E-state index contributed by atoms with van der Waals surface area (Å²) < 4.78 is 0. The maximum Gasteiger partial charge on any atom is 0.255 e. The van der Waals surface area contributed by atoms with E-state index in [1.54, 1.807) is 13.8 Å². The second kappa shape index (κ2) is 4.89. The Labute approximate surface area is 115 Å². The van der Waals surface area contributed by atoms with Crippen molar-refractivity contribution < 1.29 is 14.4 Å². The third kappa shape index (κ3) is 2.32. The smallest absolute Gasteiger partial charge is 0.255 e. The highest BCUT2D eigenvalue weighted by molar-refractivity contribution is 6.08. The zero-order valence-corrected chi connectivity index (χ0v) is 11.1. The summed E-state index contributed by atoms with van der Waals surface area (Å²) in [4.78, 5) is 40.9. The molecule has 0 aliphatic carbocycles. The number of carbonyl (C=O) groups excluding carboxylic acids is 3. The van der Waals surface area contributed by atoms with E-state index < -0.39 is 23.3 Å². The molecule has 1 fully saturated rings. The molecule has 4 N–H and O–H groups in total. The fourth-order valence-corrected chi connectivity index (χ4v) is 1.91. The topological polar surface area (TPSA) is 117 Å². The van der Waals surface area contributed by atoms with Crippen LogP contribution in [-0.2, 0) is 9.59 Å². The molecule has 3 amide bonds. The molecule has 0 aromatic carbocycles. The highest BCUT2D eigenvalue weighted by Crippen LogP contribution is 2.21. The molecule has 0 spiro atoms. The SMILES string of the molecule is CC1(C)C(=O)NC(=O)CN1C(=O)c1ccnc(NN)c1. The number of aromatic nitrogens is 1. The Morgan fingerprint density at radius 3 is 2.85 bits per heavy atom. The number of amides is 3. The van der Waals surface area contributed by atoms with E-state index in [0.717, 1.165) is 0 Å². The molecule has 1 aliphatic rings. The molecule has 106 valence electrons. The summed E-state index contributed by atoms with van der Waals surface area (Å²) in [5, 5.41) is 2.21. The van der Waals surface area contributed by atoms with E-state index in [2.05, 4.69) is 15.7 Å². The molecule has 2 rings (SSSR count). The van der Waals surface area contributed by atoms with Gasteiger partial charge in [0.2, 0.25) is 5.91 Å². The predicted octanol–water partition coefficient (Wildman–Crippen LogP) is -0.756. The lowest BCUT2D eigenvalue weighted by Gasteiger charge is -2.40. The van der Waals surface area contributed by atoms with Crippen molar-refractivity contribution in [1.29, 1.82) is 0 Å². The minimum absolute atomic E-state index is 0.175. The van der Waals surface area contributed by atoms with Crippen LogP contribution in [0.25, 0.3) is 0 Å². The van der Waals surface area contributed by atoms with Crippen molar-refractivity contribution in [3.8, 4) is 0 Å². The maximum absolute atomic E-state index is 12.5. The fourth-order valence-electron chi connectivity index (χ4n) is 1.91. The first-order valence-electron chi connectivity index (χ1n) is 5.95. The van der Waals surface area contributed by atoms with Gasteiger partial charge >= 0.3 is 0 Å². The van der Waals surface area contributed by atoms with Crippen LogP contribution >= 0.6 is 0 Å². The molecular weight excluding hydrogens is 262 g/mol. The van der Waals surface area contributed by atoms with Crippen molar-refractivity contribution in [3.63, 3.8) is 0 Å². The van der Waals surface area contributed by atoms with Gasteiger partial charge in [0.05, 0.1) is 0 Å². The Morgan fingerprint density at radius 2 is 2.20 bits per heavy atom. The summed E-state index contributed by atoms with van der Waals surface area (Å²) in [6.45, 7) is 2.98. The summed E-state index contributed by atoms with van der Waals surface area (Å²) in [6, 6.07) is 2.95. The van der Waals surface area contributed by atoms with Crippen LogP contribution in [0.1, 0.15) is 24.2 Å². The Kier molecular flexibility index (Phi) is 3.41. The Bertz CT molecular complexity index is 584. The average molecular weight is 277 g/mol. The van der Waals surface area contributed by atoms with E-state index >= 15 is 0 Å². The number of imide groups is 1. The Morgan fingerprint density at radius 1 is 1.50 bits per heavy atom. The molecule has 8 nitrogen and oxygen atoms in total. The van der Waals surface area contributed by atoms with Gasteiger partial charge < -0.3 is 10.3 Å². The number of rotatable bonds is 2. The Balaban J connectivity index is 2.35. The number of hydrogen-bond donors (Lipinski definition) is 3. The van der Waals surface area contributed by atoms with Gasteiger partial charge in [-0.2, -0.15) is 0 Å². The molecule has 1 aromatic heterocycles. The van der Waals surface area contributed by atoms with Crippen LogP contribution in [0.3, 0.4) is 0 Å². The molecule has 20 heavy (non-hydrogen) atoms. The average Bonchev–Trinajstić information content (AvgIpc) is 2.42. The zero-order chi connectivity index (χ0) is 14.9. The van der Waals surface area contributed by atoms with Crippen molar-refractivity contribution in [2.75, 3.05) is 12.0 Å². The third-order valence-electron chi connectivity index (χ3n) is 3.19. The van der Waals surface area contributed by atoms with Crippen LogP contribution in [0.2, 0.25) is 0 Å². The van der Waals surface area contributed by atoms with Gasteiger partial charge in [0.25, 0.3) is 11.8 Å². The molecule has 0 radical (unpaired) electrons. The minimum Gasteiger partial charge on any atom is -0.315 e. The van der Waals surface area contributed by atoms with Crippen molar-refractivity contribution >= 4 is 23.5 Å². The second-order valence-corrected chi connectivity index (χ2v) is 4.90. The van der Waals surface area contributed by atoms with Gasteiger partial charge in [-0.3, -0.25) is 19.7 Å². The molecule has 0 atom stereocenters. The second-order valence-electron chi connectivity index (χ2n) is 4.90. The molecule has 0 bridgehead atoms. The number of carbonyl (C=O) groups is 3. The van der Waals surface area contributed by atoms with Crippen LogP contribution in [0, 0.1) is 0 Å². The number of hydrazine groups is 1. The molecule has 1 saturated heterocycles. The normalized spacial score (nSPS) is 17.6. The summed E-state index contributed by atoms with van der Waals surface area (Å²) in [6.07, 6.45) is 1.42. The van der Waals surface area contributed by atoms with E-state index in [-0.39, 0.29) is 6.54 Å². The van der Waals surface area contributed by atoms with Crippen LogP contribution in [0.15, 0.2) is 18.3 Å². The molecule has 1 aliphatic heterocycles. The van der Waals surface area contributed by atoms with Crippen LogP contribution < -0.4 is 16.6 Å². The van der Waals surface area contributed by atoms with Gasteiger partial charge in [-0.1, -0.05) is 0 Å². The van der Waals surface area contributed by atoms with Crippen LogP contribution in [-0.4, -0.2) is 39.7 Å². The van der Waals surface area contributed by atoms with E-state index in [9.17, 15) is 14.4 Å². The first-order chi connectivity index (χ1) is 9.36. The number of piperazine rings is 1. The number of nitrogens with one attached hydrogen (secondary N) is 2. The third-order valence-corrected chi connectivity index (χ3v) is 3.19. The Hall–Kier alpha value is -2.48. The standard InChI is InChI=1S/C12H15N5O3/c1-12(2)11(20)15-9(18)6-17(12)10(19)7-3-4-14-8(5-7)16-13/h3-5H,6,13H2,1-2H3,(H,14,16)(H,15,18,20). The van der Waals surface area contributed by atoms with E-state index in [4.69, 9.17) is 5.84 Å².